The van der Waals surface area contributed by atoms with Crippen LogP contribution in [-0.4, -0.2) is 37.1 Å². The Bertz CT molecular complexity index is 829. The summed E-state index contributed by atoms with van der Waals surface area (Å²) >= 11 is 0. The average Bonchev–Trinajstić information content (AvgIpc) is 3.01. The summed E-state index contributed by atoms with van der Waals surface area (Å²) in [6.45, 7) is 4.14. The largest absolute Gasteiger partial charge is 0.462 e. The second kappa shape index (κ2) is 6.51. The Morgan fingerprint density at radius 3 is 2.87 bits per heavy atom. The van der Waals surface area contributed by atoms with Crippen molar-refractivity contribution in [3.63, 3.8) is 0 Å². The molecule has 0 atom stereocenters. The molecule has 0 unspecified atom stereocenters. The zero-order valence-corrected chi connectivity index (χ0v) is 13.1. The zero-order valence-electron chi connectivity index (χ0n) is 13.1. The Balaban J connectivity index is 2.14. The SMILES string of the molecule is CCCc1c(C(=O)OCC)cnc2nc(-c3cccnc3)nn12. The Kier molecular flexibility index (Phi) is 4.27. The van der Waals surface area contributed by atoms with E-state index in [-0.39, 0.29) is 5.97 Å². The van der Waals surface area contributed by atoms with Crippen LogP contribution in [0.2, 0.25) is 0 Å². The van der Waals surface area contributed by atoms with Crippen LogP contribution in [0, 0.1) is 0 Å². The van der Waals surface area contributed by atoms with Gasteiger partial charge in [-0.25, -0.2) is 9.78 Å². The highest BCUT2D eigenvalue weighted by Gasteiger charge is 2.19. The second-order valence-corrected chi connectivity index (χ2v) is 4.98. The van der Waals surface area contributed by atoms with Gasteiger partial charge >= 0.3 is 5.97 Å². The van der Waals surface area contributed by atoms with Crippen molar-refractivity contribution < 1.29 is 9.53 Å². The molecule has 7 nitrogen and oxygen atoms in total. The van der Waals surface area contributed by atoms with Crippen LogP contribution in [0.4, 0.5) is 0 Å². The zero-order chi connectivity index (χ0) is 16.2. The van der Waals surface area contributed by atoms with Crippen LogP contribution in [0.15, 0.2) is 30.7 Å². The lowest BCUT2D eigenvalue weighted by Crippen LogP contribution is -2.13. The number of hydrogen-bond donors (Lipinski definition) is 0. The van der Waals surface area contributed by atoms with Gasteiger partial charge in [-0.3, -0.25) is 4.98 Å². The molecule has 118 valence electrons. The predicted octanol–water partition coefficient (Wildman–Crippen LogP) is 2.32. The molecule has 0 aliphatic heterocycles. The highest BCUT2D eigenvalue weighted by Crippen LogP contribution is 2.18. The number of hydrogen-bond acceptors (Lipinski definition) is 6. The van der Waals surface area contributed by atoms with Crippen molar-refractivity contribution in [1.29, 1.82) is 0 Å². The van der Waals surface area contributed by atoms with Crippen LogP contribution in [0.5, 0.6) is 0 Å². The predicted molar refractivity (Wildman–Crippen MR) is 84.0 cm³/mol. The number of pyridine rings is 1. The van der Waals surface area contributed by atoms with Gasteiger partial charge in [-0.1, -0.05) is 13.3 Å². The van der Waals surface area contributed by atoms with Gasteiger partial charge in [0.05, 0.1) is 17.9 Å². The number of nitrogens with zero attached hydrogens (tertiary/aromatic N) is 5. The monoisotopic (exact) mass is 311 g/mol. The second-order valence-electron chi connectivity index (χ2n) is 4.98. The van der Waals surface area contributed by atoms with Crippen LogP contribution in [0.1, 0.15) is 36.3 Å². The minimum atomic E-state index is -0.385. The smallest absolute Gasteiger partial charge is 0.341 e. The number of ether oxygens (including phenoxy) is 1. The summed E-state index contributed by atoms with van der Waals surface area (Å²) in [4.78, 5) is 24.9. The van der Waals surface area contributed by atoms with E-state index in [1.54, 1.807) is 23.8 Å². The maximum Gasteiger partial charge on any atom is 0.341 e. The molecule has 3 aromatic heterocycles. The van der Waals surface area contributed by atoms with E-state index in [9.17, 15) is 4.79 Å². The fraction of sp³-hybridized carbons (Fsp3) is 0.312. The molecule has 0 aliphatic carbocycles. The molecule has 0 bridgehead atoms. The van der Waals surface area contributed by atoms with Crippen LogP contribution in [0.3, 0.4) is 0 Å². The van der Waals surface area contributed by atoms with Gasteiger partial charge < -0.3 is 4.74 Å². The molecule has 0 aromatic carbocycles. The fourth-order valence-electron chi connectivity index (χ4n) is 2.35. The van der Waals surface area contributed by atoms with E-state index in [2.05, 4.69) is 20.1 Å². The lowest BCUT2D eigenvalue weighted by Gasteiger charge is -2.08. The molecular weight excluding hydrogens is 294 g/mol. The highest BCUT2D eigenvalue weighted by atomic mass is 16.5. The van der Waals surface area contributed by atoms with E-state index in [4.69, 9.17) is 4.74 Å². The number of fused-ring (bicyclic) bond motifs is 1. The van der Waals surface area contributed by atoms with Gasteiger partial charge in [-0.05, 0) is 25.5 Å². The quantitative estimate of drug-likeness (QED) is 0.672. The summed E-state index contributed by atoms with van der Waals surface area (Å²) in [5.41, 5.74) is 2.00. The van der Waals surface area contributed by atoms with E-state index in [0.29, 0.717) is 30.2 Å². The first kappa shape index (κ1) is 15.1. The Morgan fingerprint density at radius 2 is 2.17 bits per heavy atom. The molecule has 0 aliphatic rings. The summed E-state index contributed by atoms with van der Waals surface area (Å²) in [5.74, 6) is 0.605. The third-order valence-corrected chi connectivity index (χ3v) is 3.37. The molecule has 0 radical (unpaired) electrons. The van der Waals surface area contributed by atoms with Crippen LogP contribution in [-0.2, 0) is 11.2 Å². The van der Waals surface area contributed by atoms with Crippen LogP contribution in [0.25, 0.3) is 17.2 Å². The number of rotatable bonds is 5. The minimum absolute atomic E-state index is 0.320. The standard InChI is InChI=1S/C16H17N5O2/c1-3-6-13-12(15(22)23-4-2)10-18-16-19-14(20-21(13)16)11-7-5-8-17-9-11/h5,7-10H,3-4,6H2,1-2H3. The maximum absolute atomic E-state index is 12.1. The van der Waals surface area contributed by atoms with Crippen molar-refractivity contribution in [1.82, 2.24) is 24.6 Å². The van der Waals surface area contributed by atoms with Crippen LogP contribution < -0.4 is 0 Å². The lowest BCUT2D eigenvalue weighted by molar-refractivity contribution is 0.0523. The fourth-order valence-corrected chi connectivity index (χ4v) is 2.35. The summed E-state index contributed by atoms with van der Waals surface area (Å²) in [6, 6.07) is 3.71. The summed E-state index contributed by atoms with van der Waals surface area (Å²) in [7, 11) is 0. The third kappa shape index (κ3) is 2.90. The lowest BCUT2D eigenvalue weighted by atomic mass is 10.1. The Labute approximate surface area is 133 Å². The molecule has 0 spiro atoms. The maximum atomic E-state index is 12.1. The first-order valence-electron chi connectivity index (χ1n) is 7.56. The summed E-state index contributed by atoms with van der Waals surface area (Å²) < 4.78 is 6.73. The van der Waals surface area contributed by atoms with Gasteiger partial charge in [0.15, 0.2) is 5.82 Å². The van der Waals surface area contributed by atoms with Crippen molar-refractivity contribution >= 4 is 11.7 Å². The van der Waals surface area contributed by atoms with Crippen molar-refractivity contribution in [2.24, 2.45) is 0 Å². The highest BCUT2D eigenvalue weighted by molar-refractivity contribution is 5.90. The number of carbonyl (C=O) groups excluding carboxylic acids is 1. The first-order chi connectivity index (χ1) is 11.2. The van der Waals surface area contributed by atoms with Gasteiger partial charge in [0.2, 0.25) is 0 Å². The van der Waals surface area contributed by atoms with Gasteiger partial charge in [0.1, 0.15) is 0 Å². The van der Waals surface area contributed by atoms with Crippen LogP contribution >= 0.6 is 0 Å². The van der Waals surface area contributed by atoms with Crippen molar-refractivity contribution in [2.75, 3.05) is 6.61 Å². The summed E-state index contributed by atoms with van der Waals surface area (Å²) in [5, 5.41) is 4.50. The molecular formula is C16H17N5O2. The van der Waals surface area contributed by atoms with Gasteiger partial charge in [0.25, 0.3) is 5.78 Å². The molecule has 3 rings (SSSR count). The molecule has 3 aromatic rings. The molecule has 23 heavy (non-hydrogen) atoms. The number of carbonyl (C=O) groups is 1. The topological polar surface area (TPSA) is 82.3 Å². The molecule has 0 N–H and O–H groups in total. The molecule has 7 heteroatoms. The molecule has 0 saturated heterocycles. The normalized spacial score (nSPS) is 10.9. The molecule has 0 amide bonds. The number of esters is 1. The Hall–Kier alpha value is -2.83. The average molecular weight is 311 g/mol. The van der Waals surface area contributed by atoms with Gasteiger partial charge in [-0.15, -0.1) is 5.10 Å². The number of aryl methyl sites for hydroxylation is 1. The number of aromatic nitrogens is 5. The Morgan fingerprint density at radius 1 is 1.30 bits per heavy atom. The molecule has 3 heterocycles. The van der Waals surface area contributed by atoms with E-state index >= 15 is 0 Å². The minimum Gasteiger partial charge on any atom is -0.462 e. The van der Waals surface area contributed by atoms with E-state index in [0.717, 1.165) is 17.7 Å². The first-order valence-corrected chi connectivity index (χ1v) is 7.56. The van der Waals surface area contributed by atoms with Gasteiger partial charge in [0, 0.05) is 24.2 Å². The van der Waals surface area contributed by atoms with E-state index in [1.807, 2.05) is 19.1 Å². The molecule has 0 saturated carbocycles. The van der Waals surface area contributed by atoms with E-state index in [1.165, 1.54) is 6.20 Å². The molecule has 0 fully saturated rings. The van der Waals surface area contributed by atoms with Crippen molar-refractivity contribution in [3.05, 3.63) is 42.0 Å². The third-order valence-electron chi connectivity index (χ3n) is 3.37. The van der Waals surface area contributed by atoms with E-state index < -0.39 is 0 Å². The van der Waals surface area contributed by atoms with Gasteiger partial charge in [-0.2, -0.15) is 9.50 Å². The van der Waals surface area contributed by atoms with Crippen molar-refractivity contribution in [3.8, 4) is 11.4 Å². The van der Waals surface area contributed by atoms with Crippen molar-refractivity contribution in [2.45, 2.75) is 26.7 Å². The summed E-state index contributed by atoms with van der Waals surface area (Å²) in [6.07, 6.45) is 6.45.